The van der Waals surface area contributed by atoms with E-state index in [2.05, 4.69) is 13.8 Å². The fourth-order valence-electron chi connectivity index (χ4n) is 0. The summed E-state index contributed by atoms with van der Waals surface area (Å²) in [7, 11) is 0. The molecule has 0 aliphatic rings. The first kappa shape index (κ1) is 22.5. The van der Waals surface area contributed by atoms with Crippen LogP contribution in [0.5, 0.6) is 0 Å². The molecule has 0 fully saturated rings. The zero-order valence-electron chi connectivity index (χ0n) is 7.73. The van der Waals surface area contributed by atoms with Crippen molar-refractivity contribution in [3.63, 3.8) is 0 Å². The van der Waals surface area contributed by atoms with Gasteiger partial charge in [-0.25, -0.2) is 9.59 Å². The van der Waals surface area contributed by atoms with E-state index < -0.39 is 12.3 Å². The van der Waals surface area contributed by atoms with Crippen molar-refractivity contribution in [1.29, 1.82) is 0 Å². The standard InChI is InChI=1S/C4H10.2CH2O3.H3N/c1-3-4-2;2*2-1(3)4;/h3-4H2,1-2H3;2*(H2,2,3,4);1H3. The van der Waals surface area contributed by atoms with Crippen molar-refractivity contribution in [2.75, 3.05) is 0 Å². The average Bonchev–Trinajstić information content (AvgIpc) is 1.85. The van der Waals surface area contributed by atoms with Gasteiger partial charge in [0.15, 0.2) is 0 Å². The number of rotatable bonds is 1. The fourth-order valence-corrected chi connectivity index (χ4v) is 0. The van der Waals surface area contributed by atoms with Gasteiger partial charge < -0.3 is 26.6 Å². The molecule has 0 bridgehead atoms. The van der Waals surface area contributed by atoms with Crippen LogP contribution >= 0.6 is 0 Å². The smallest absolute Gasteiger partial charge is 0.450 e. The number of carbonyl (C=O) groups is 2. The van der Waals surface area contributed by atoms with Gasteiger partial charge in [0.1, 0.15) is 0 Å². The Bertz CT molecular complexity index is 93.7. The minimum Gasteiger partial charge on any atom is -0.450 e. The minimum atomic E-state index is -1.83. The molecule has 0 aliphatic carbocycles. The minimum absolute atomic E-state index is 0. The van der Waals surface area contributed by atoms with Gasteiger partial charge >= 0.3 is 12.3 Å². The molecule has 0 amide bonds. The van der Waals surface area contributed by atoms with E-state index >= 15 is 0 Å². The molecule has 0 unspecified atom stereocenters. The first-order valence-electron chi connectivity index (χ1n) is 3.22. The summed E-state index contributed by atoms with van der Waals surface area (Å²) in [5.74, 6) is 0. The molecule has 0 radical (unpaired) electrons. The Morgan fingerprint density at radius 2 is 0.923 bits per heavy atom. The van der Waals surface area contributed by atoms with Crippen LogP contribution in [-0.2, 0) is 0 Å². The molecular formula is C6H17NO6. The summed E-state index contributed by atoms with van der Waals surface area (Å²) in [5.41, 5.74) is 0. The number of hydrogen-bond acceptors (Lipinski definition) is 3. The molecular weight excluding hydrogens is 182 g/mol. The Balaban J connectivity index is -0.0000000450. The highest BCUT2D eigenvalue weighted by Crippen LogP contribution is 1.76. The van der Waals surface area contributed by atoms with Crippen molar-refractivity contribution < 1.29 is 30.0 Å². The molecule has 0 spiro atoms. The molecule has 7 heteroatoms. The maximum atomic E-state index is 8.56. The molecule has 0 atom stereocenters. The van der Waals surface area contributed by atoms with Gasteiger partial charge in [0, 0.05) is 0 Å². The molecule has 0 aromatic rings. The highest BCUT2D eigenvalue weighted by atomic mass is 16.6. The molecule has 0 saturated carbocycles. The third kappa shape index (κ3) is 3030. The second kappa shape index (κ2) is 22.4. The van der Waals surface area contributed by atoms with Crippen LogP contribution in [0.15, 0.2) is 0 Å². The third-order valence-electron chi connectivity index (χ3n) is 0.500. The maximum Gasteiger partial charge on any atom is 0.503 e. The topological polar surface area (TPSA) is 150 Å². The van der Waals surface area contributed by atoms with Crippen LogP contribution in [0.2, 0.25) is 0 Å². The van der Waals surface area contributed by atoms with Crippen molar-refractivity contribution >= 4 is 12.3 Å². The predicted octanol–water partition coefficient (Wildman–Crippen LogP) is 2.41. The summed E-state index contributed by atoms with van der Waals surface area (Å²) in [6.07, 6.45) is -1.03. The van der Waals surface area contributed by atoms with Gasteiger partial charge in [-0.3, -0.25) is 0 Å². The number of carboxylic acid groups (broad SMARTS) is 4. The summed E-state index contributed by atoms with van der Waals surface area (Å²) in [4.78, 5) is 17.1. The normalized spacial score (nSPS) is 6.00. The Morgan fingerprint density at radius 3 is 0.923 bits per heavy atom. The van der Waals surface area contributed by atoms with Crippen LogP contribution in [0.3, 0.4) is 0 Å². The predicted molar refractivity (Wildman–Crippen MR) is 46.9 cm³/mol. The van der Waals surface area contributed by atoms with Crippen molar-refractivity contribution in [2.24, 2.45) is 0 Å². The molecule has 0 aromatic carbocycles. The lowest BCUT2D eigenvalue weighted by Gasteiger charge is -1.68. The summed E-state index contributed by atoms with van der Waals surface area (Å²) in [5, 5.41) is 27.9. The third-order valence-corrected chi connectivity index (χ3v) is 0.500. The highest BCUT2D eigenvalue weighted by molar-refractivity contribution is 5.53. The molecule has 7 nitrogen and oxygen atoms in total. The van der Waals surface area contributed by atoms with Crippen molar-refractivity contribution in [2.45, 2.75) is 26.7 Å². The van der Waals surface area contributed by atoms with E-state index in [9.17, 15) is 0 Å². The maximum absolute atomic E-state index is 8.56. The Morgan fingerprint density at radius 1 is 0.846 bits per heavy atom. The summed E-state index contributed by atoms with van der Waals surface area (Å²) < 4.78 is 0. The van der Waals surface area contributed by atoms with Crippen molar-refractivity contribution in [3.8, 4) is 0 Å². The van der Waals surface area contributed by atoms with Crippen LogP contribution in [-0.4, -0.2) is 32.7 Å². The Labute approximate surface area is 76.2 Å². The van der Waals surface area contributed by atoms with E-state index in [1.165, 1.54) is 12.8 Å². The van der Waals surface area contributed by atoms with Crippen LogP contribution < -0.4 is 6.15 Å². The van der Waals surface area contributed by atoms with E-state index in [0.717, 1.165) is 0 Å². The van der Waals surface area contributed by atoms with E-state index in [4.69, 9.17) is 30.0 Å². The second-order valence-corrected chi connectivity index (χ2v) is 1.57. The largest absolute Gasteiger partial charge is 0.503 e. The monoisotopic (exact) mass is 199 g/mol. The van der Waals surface area contributed by atoms with Gasteiger partial charge in [0.25, 0.3) is 0 Å². The molecule has 0 heterocycles. The van der Waals surface area contributed by atoms with E-state index in [-0.39, 0.29) is 6.15 Å². The molecule has 7 N–H and O–H groups in total. The van der Waals surface area contributed by atoms with Gasteiger partial charge in [-0.2, -0.15) is 0 Å². The van der Waals surface area contributed by atoms with Gasteiger partial charge in [-0.05, 0) is 0 Å². The van der Waals surface area contributed by atoms with E-state index in [1.807, 2.05) is 0 Å². The number of unbranched alkanes of at least 4 members (excludes halogenated alkanes) is 1. The van der Waals surface area contributed by atoms with Crippen molar-refractivity contribution in [3.05, 3.63) is 0 Å². The molecule has 13 heavy (non-hydrogen) atoms. The molecule has 0 saturated heterocycles. The van der Waals surface area contributed by atoms with Gasteiger partial charge in [-0.15, -0.1) is 0 Å². The SMILES string of the molecule is CCCC.N.O=C(O)O.O=C(O)O. The highest BCUT2D eigenvalue weighted by Gasteiger charge is 1.70. The van der Waals surface area contributed by atoms with Crippen LogP contribution in [0, 0.1) is 0 Å². The van der Waals surface area contributed by atoms with E-state index in [0.29, 0.717) is 0 Å². The van der Waals surface area contributed by atoms with Crippen LogP contribution in [0.1, 0.15) is 26.7 Å². The Hall–Kier alpha value is -1.50. The summed E-state index contributed by atoms with van der Waals surface area (Å²) in [6, 6.07) is 0. The quantitative estimate of drug-likeness (QED) is 0.435. The second-order valence-electron chi connectivity index (χ2n) is 1.57. The summed E-state index contributed by atoms with van der Waals surface area (Å²) >= 11 is 0. The summed E-state index contributed by atoms with van der Waals surface area (Å²) in [6.45, 7) is 4.36. The Kier molecular flexibility index (Phi) is 38.9. The van der Waals surface area contributed by atoms with Crippen LogP contribution in [0.25, 0.3) is 0 Å². The lowest BCUT2D eigenvalue weighted by Crippen LogP contribution is -1.81. The van der Waals surface area contributed by atoms with Crippen LogP contribution in [0.4, 0.5) is 9.59 Å². The first-order valence-corrected chi connectivity index (χ1v) is 3.22. The molecule has 82 valence electrons. The molecule has 0 aromatic heterocycles. The van der Waals surface area contributed by atoms with Gasteiger partial charge in [0.05, 0.1) is 0 Å². The first-order chi connectivity index (χ1) is 5.38. The number of hydrogen-bond donors (Lipinski definition) is 5. The molecule has 0 aliphatic heterocycles. The lowest BCUT2D eigenvalue weighted by molar-refractivity contribution is 0.135. The van der Waals surface area contributed by atoms with Gasteiger partial charge in [-0.1, -0.05) is 26.7 Å². The molecule has 0 rings (SSSR count). The average molecular weight is 199 g/mol. The zero-order chi connectivity index (χ0) is 10.6. The lowest BCUT2D eigenvalue weighted by atomic mass is 10.4. The van der Waals surface area contributed by atoms with Crippen molar-refractivity contribution in [1.82, 2.24) is 6.15 Å². The fraction of sp³-hybridized carbons (Fsp3) is 0.667. The zero-order valence-corrected chi connectivity index (χ0v) is 7.73. The van der Waals surface area contributed by atoms with E-state index in [1.54, 1.807) is 0 Å². The van der Waals surface area contributed by atoms with Gasteiger partial charge in [0.2, 0.25) is 0 Å².